The Kier molecular flexibility index (Phi) is 9.80. The molecule has 298 valence electrons. The Balaban J connectivity index is 1.11. The van der Waals surface area contributed by atoms with E-state index in [9.17, 15) is 0 Å². The summed E-state index contributed by atoms with van der Waals surface area (Å²) in [5, 5.41) is 0. The Bertz CT molecular complexity index is 3130. The Hall–Kier alpha value is -8.20. The third-order valence-corrected chi connectivity index (χ3v) is 12.4. The second-order valence-corrected chi connectivity index (χ2v) is 16.0. The van der Waals surface area contributed by atoms with Crippen molar-refractivity contribution in [2.24, 2.45) is 0 Å². The molecule has 0 amide bonds. The topological polar surface area (TPSA) is 12.5 Å². The molecule has 0 spiro atoms. The fraction of sp³-hybridized carbons (Fsp3) is 0.0164. The number of rotatable bonds is 9. The zero-order valence-corrected chi connectivity index (χ0v) is 34.7. The third kappa shape index (κ3) is 6.79. The van der Waals surface area contributed by atoms with Crippen LogP contribution in [0.25, 0.3) is 44.5 Å². The summed E-state index contributed by atoms with van der Waals surface area (Å²) in [6.07, 6.45) is 0. The normalized spacial score (nSPS) is 12.4. The van der Waals surface area contributed by atoms with Gasteiger partial charge < -0.3 is 9.64 Å². The van der Waals surface area contributed by atoms with Crippen molar-refractivity contribution < 1.29 is 4.74 Å². The molecule has 0 unspecified atom stereocenters. The van der Waals surface area contributed by atoms with Gasteiger partial charge in [-0.25, -0.2) is 0 Å². The van der Waals surface area contributed by atoms with Crippen LogP contribution in [0.4, 0.5) is 17.1 Å². The minimum atomic E-state index is -0.642. The predicted octanol–water partition coefficient (Wildman–Crippen LogP) is 16.3. The third-order valence-electron chi connectivity index (χ3n) is 12.4. The van der Waals surface area contributed by atoms with Gasteiger partial charge in [-0.2, -0.15) is 0 Å². The average Bonchev–Trinajstić information content (AvgIpc) is 3.37. The minimum absolute atomic E-state index is 0.642. The molecule has 0 saturated heterocycles. The van der Waals surface area contributed by atoms with Crippen molar-refractivity contribution in [1.29, 1.82) is 0 Å². The second-order valence-electron chi connectivity index (χ2n) is 16.0. The molecule has 11 rings (SSSR count). The van der Waals surface area contributed by atoms with Gasteiger partial charge >= 0.3 is 0 Å². The Morgan fingerprint density at radius 3 is 1.37 bits per heavy atom. The smallest absolute Gasteiger partial charge is 0.132 e. The number of para-hydroxylation sites is 2. The summed E-state index contributed by atoms with van der Waals surface area (Å²) in [4.78, 5) is 2.41. The molecule has 0 saturated carbocycles. The number of ether oxygens (including phenoxy) is 1. The van der Waals surface area contributed by atoms with Gasteiger partial charge in [-0.1, -0.05) is 212 Å². The number of hydrogen-bond donors (Lipinski definition) is 0. The van der Waals surface area contributed by atoms with E-state index in [0.717, 1.165) is 67.5 Å². The molecule has 0 fully saturated rings. The molecule has 0 atom stereocenters. The van der Waals surface area contributed by atoms with Crippen LogP contribution in [0, 0.1) is 0 Å². The molecular weight excluding hydrogens is 763 g/mol. The van der Waals surface area contributed by atoms with Gasteiger partial charge in [0.2, 0.25) is 0 Å². The lowest BCUT2D eigenvalue weighted by molar-refractivity contribution is 0.434. The molecule has 0 aromatic heterocycles. The summed E-state index contributed by atoms with van der Waals surface area (Å²) in [6.45, 7) is 0. The molecule has 0 radical (unpaired) electrons. The number of hydrogen-bond acceptors (Lipinski definition) is 2. The highest BCUT2D eigenvalue weighted by Gasteiger charge is 2.46. The number of nitrogens with zero attached hydrogens (tertiary/aromatic N) is 1. The van der Waals surface area contributed by atoms with Crippen LogP contribution in [0.2, 0.25) is 0 Å². The molecule has 1 aliphatic heterocycles. The summed E-state index contributed by atoms with van der Waals surface area (Å²) in [6, 6.07) is 93.8. The zero-order valence-electron chi connectivity index (χ0n) is 34.7. The van der Waals surface area contributed by atoms with Crippen molar-refractivity contribution in [3.63, 3.8) is 0 Å². The van der Waals surface area contributed by atoms with Crippen LogP contribution < -0.4 is 9.64 Å². The summed E-state index contributed by atoms with van der Waals surface area (Å²) < 4.78 is 6.65. The van der Waals surface area contributed by atoms with Gasteiger partial charge in [-0.3, -0.25) is 0 Å². The van der Waals surface area contributed by atoms with Crippen molar-refractivity contribution in [3.05, 3.63) is 283 Å². The minimum Gasteiger partial charge on any atom is -0.457 e. The maximum absolute atomic E-state index is 6.65. The van der Waals surface area contributed by atoms with Gasteiger partial charge in [-0.05, 0) is 98.6 Å². The quantitative estimate of drug-likeness (QED) is 0.144. The van der Waals surface area contributed by atoms with Crippen molar-refractivity contribution in [1.82, 2.24) is 0 Å². The first-order valence-electron chi connectivity index (χ1n) is 21.6. The van der Waals surface area contributed by atoms with E-state index in [4.69, 9.17) is 4.74 Å². The van der Waals surface area contributed by atoms with E-state index in [-0.39, 0.29) is 0 Å². The molecule has 63 heavy (non-hydrogen) atoms. The Morgan fingerprint density at radius 1 is 0.286 bits per heavy atom. The standard InChI is InChI=1S/C61H43NO/c1-5-20-44(21-6-1)48-26-19-29-52(42-48)62(58-41-38-49(45-22-7-2-8-23-45)43-54(58)46-24-9-3-10-25-46)51-39-36-47(37-40-51)53-30-13-14-31-55(53)61(50-27-11-4-12-28-50)56-32-15-17-34-59(56)63-60-35-18-16-33-57(60)61/h1-43H. The highest BCUT2D eigenvalue weighted by Crippen LogP contribution is 2.57. The molecule has 2 heteroatoms. The largest absolute Gasteiger partial charge is 0.457 e. The van der Waals surface area contributed by atoms with Crippen molar-refractivity contribution in [2.45, 2.75) is 5.41 Å². The lowest BCUT2D eigenvalue weighted by atomic mass is 9.62. The summed E-state index contributed by atoms with van der Waals surface area (Å²) >= 11 is 0. The molecule has 10 aromatic rings. The number of anilines is 3. The van der Waals surface area contributed by atoms with Crippen LogP contribution in [0.15, 0.2) is 261 Å². The van der Waals surface area contributed by atoms with E-state index in [1.54, 1.807) is 0 Å². The van der Waals surface area contributed by atoms with Gasteiger partial charge in [-0.15, -0.1) is 0 Å². The molecule has 10 aromatic carbocycles. The van der Waals surface area contributed by atoms with Crippen LogP contribution in [-0.4, -0.2) is 0 Å². The molecule has 1 heterocycles. The van der Waals surface area contributed by atoms with Crippen molar-refractivity contribution in [2.75, 3.05) is 4.90 Å². The van der Waals surface area contributed by atoms with E-state index in [1.165, 1.54) is 27.8 Å². The molecule has 1 aliphatic rings. The van der Waals surface area contributed by atoms with Crippen LogP contribution in [-0.2, 0) is 5.41 Å². The molecule has 0 N–H and O–H groups in total. The van der Waals surface area contributed by atoms with E-state index in [1.807, 2.05) is 0 Å². The van der Waals surface area contributed by atoms with Gasteiger partial charge in [0.05, 0.1) is 11.1 Å². The lowest BCUT2D eigenvalue weighted by Gasteiger charge is -2.42. The fourth-order valence-electron chi connectivity index (χ4n) is 9.56. The predicted molar refractivity (Wildman–Crippen MR) is 261 cm³/mol. The van der Waals surface area contributed by atoms with Crippen LogP contribution in [0.1, 0.15) is 22.3 Å². The van der Waals surface area contributed by atoms with Crippen LogP contribution in [0.3, 0.4) is 0 Å². The Labute approximate surface area is 369 Å². The average molecular weight is 806 g/mol. The second kappa shape index (κ2) is 16.3. The highest BCUT2D eigenvalue weighted by atomic mass is 16.5. The molecule has 0 aliphatic carbocycles. The summed E-state index contributed by atoms with van der Waals surface area (Å²) in [7, 11) is 0. The van der Waals surface area contributed by atoms with Crippen LogP contribution in [0.5, 0.6) is 11.5 Å². The van der Waals surface area contributed by atoms with Gasteiger partial charge in [0.1, 0.15) is 11.5 Å². The van der Waals surface area contributed by atoms with Gasteiger partial charge in [0.15, 0.2) is 0 Å². The maximum atomic E-state index is 6.65. The SMILES string of the molecule is c1ccc(-c2cccc(N(c3ccc(-c4ccccc4C4(c5ccccc5)c5ccccc5Oc5ccccc54)cc3)c3ccc(-c4ccccc4)cc3-c3ccccc3)c2)cc1. The van der Waals surface area contributed by atoms with Crippen molar-refractivity contribution in [3.8, 4) is 56.0 Å². The molecule has 2 nitrogen and oxygen atoms in total. The summed E-state index contributed by atoms with van der Waals surface area (Å²) in [5.74, 6) is 1.73. The first kappa shape index (κ1) is 37.8. The van der Waals surface area contributed by atoms with Crippen molar-refractivity contribution >= 4 is 17.1 Å². The lowest BCUT2D eigenvalue weighted by Crippen LogP contribution is -2.34. The molecule has 0 bridgehead atoms. The first-order valence-corrected chi connectivity index (χ1v) is 21.6. The fourth-order valence-corrected chi connectivity index (χ4v) is 9.56. The highest BCUT2D eigenvalue weighted by molar-refractivity contribution is 5.92. The van der Waals surface area contributed by atoms with E-state index >= 15 is 0 Å². The van der Waals surface area contributed by atoms with E-state index in [0.29, 0.717) is 0 Å². The monoisotopic (exact) mass is 805 g/mol. The van der Waals surface area contributed by atoms with E-state index < -0.39 is 5.41 Å². The first-order chi connectivity index (χ1) is 31.3. The number of benzene rings is 10. The zero-order chi connectivity index (χ0) is 42.0. The summed E-state index contributed by atoms with van der Waals surface area (Å²) in [5.41, 5.74) is 16.5. The van der Waals surface area contributed by atoms with Gasteiger partial charge in [0.25, 0.3) is 0 Å². The number of fused-ring (bicyclic) bond motifs is 2. The molecular formula is C61H43NO. The Morgan fingerprint density at radius 2 is 0.746 bits per heavy atom. The maximum Gasteiger partial charge on any atom is 0.132 e. The van der Waals surface area contributed by atoms with E-state index in [2.05, 4.69) is 266 Å². The van der Waals surface area contributed by atoms with Crippen LogP contribution >= 0.6 is 0 Å². The van der Waals surface area contributed by atoms with Gasteiger partial charge in [0, 0.05) is 28.1 Å².